The maximum atomic E-state index is 11.7. The molecule has 9 nitrogen and oxygen atoms in total. The largest absolute Gasteiger partial charge is 0.493 e. The van der Waals surface area contributed by atoms with Crippen LogP contribution in [0, 0.1) is 5.92 Å². The van der Waals surface area contributed by atoms with E-state index in [1.807, 2.05) is 19.1 Å². The van der Waals surface area contributed by atoms with Gasteiger partial charge in [0.25, 0.3) is 0 Å². The van der Waals surface area contributed by atoms with Crippen molar-refractivity contribution < 1.29 is 22.6 Å². The number of aliphatic imine (C=N–C) groups is 1. The number of hydrogen-bond acceptors (Lipinski definition) is 6. The van der Waals surface area contributed by atoms with Gasteiger partial charge in [0.05, 0.1) is 34.1 Å². The SMILES string of the molecule is CCNC(=NCc1cc(OC)c(OC)c(OC)c1)NCC1CCN(S(C)(=O)=O)CC1.I. The lowest BCUT2D eigenvalue weighted by atomic mass is 9.98. The number of sulfonamides is 1. The molecule has 11 heteroatoms. The van der Waals surface area contributed by atoms with Gasteiger partial charge in [0.1, 0.15) is 0 Å². The summed E-state index contributed by atoms with van der Waals surface area (Å²) in [5.74, 6) is 2.87. The standard InChI is InChI=1S/C20H34N4O5S.HI/c1-6-21-20(22-13-15-7-9-24(10-8-15)30(5,25)26)23-14-16-11-17(27-2)19(29-4)18(12-16)28-3;/h11-12,15H,6-10,13-14H2,1-5H3,(H2,21,22,23);1H. The summed E-state index contributed by atoms with van der Waals surface area (Å²) in [6.45, 7) is 5.10. The summed E-state index contributed by atoms with van der Waals surface area (Å²) in [5, 5.41) is 6.63. The summed E-state index contributed by atoms with van der Waals surface area (Å²) in [5.41, 5.74) is 0.933. The zero-order chi connectivity index (χ0) is 22.1. The molecule has 2 N–H and O–H groups in total. The number of nitrogens with one attached hydrogen (secondary N) is 2. The fourth-order valence-electron chi connectivity index (χ4n) is 3.42. The Balaban J connectivity index is 0.00000480. The van der Waals surface area contributed by atoms with Gasteiger partial charge in [0.15, 0.2) is 17.5 Å². The van der Waals surface area contributed by atoms with Crippen LogP contribution < -0.4 is 24.8 Å². The summed E-state index contributed by atoms with van der Waals surface area (Å²) < 4.78 is 41.0. The molecule has 0 amide bonds. The smallest absolute Gasteiger partial charge is 0.211 e. The van der Waals surface area contributed by atoms with Crippen LogP contribution in [0.4, 0.5) is 0 Å². The van der Waals surface area contributed by atoms with Gasteiger partial charge in [-0.1, -0.05) is 0 Å². The molecular formula is C20H35IN4O5S. The van der Waals surface area contributed by atoms with Crippen molar-refractivity contribution in [3.8, 4) is 17.2 Å². The van der Waals surface area contributed by atoms with Crippen LogP contribution in [0.15, 0.2) is 17.1 Å². The van der Waals surface area contributed by atoms with Crippen molar-refractivity contribution in [1.29, 1.82) is 0 Å². The lowest BCUT2D eigenvalue weighted by molar-refractivity contribution is 0.275. The van der Waals surface area contributed by atoms with Crippen LogP contribution in [0.25, 0.3) is 0 Å². The van der Waals surface area contributed by atoms with E-state index in [1.54, 1.807) is 25.6 Å². The molecule has 1 saturated heterocycles. The topological polar surface area (TPSA) is 101 Å². The van der Waals surface area contributed by atoms with Gasteiger partial charge in [-0.05, 0) is 43.4 Å². The predicted octanol–water partition coefficient (Wildman–Crippen LogP) is 2.06. The van der Waals surface area contributed by atoms with Crippen molar-refractivity contribution in [3.05, 3.63) is 17.7 Å². The minimum atomic E-state index is -3.10. The lowest BCUT2D eigenvalue weighted by Gasteiger charge is -2.30. The second kappa shape index (κ2) is 13.2. The van der Waals surface area contributed by atoms with Crippen LogP contribution in [-0.4, -0.2) is 72.4 Å². The molecule has 0 radical (unpaired) electrons. The van der Waals surface area contributed by atoms with Crippen molar-refractivity contribution in [2.24, 2.45) is 10.9 Å². The molecule has 0 bridgehead atoms. The summed E-state index contributed by atoms with van der Waals surface area (Å²) in [4.78, 5) is 4.66. The quantitative estimate of drug-likeness (QED) is 0.266. The summed E-state index contributed by atoms with van der Waals surface area (Å²) in [6, 6.07) is 3.77. The van der Waals surface area contributed by atoms with E-state index < -0.39 is 10.0 Å². The average molecular weight is 570 g/mol. The second-order valence-corrected chi connectivity index (χ2v) is 9.20. The third kappa shape index (κ3) is 8.19. The normalized spacial score (nSPS) is 15.7. The first-order valence-corrected chi connectivity index (χ1v) is 11.9. The van der Waals surface area contributed by atoms with Crippen LogP contribution in [0.2, 0.25) is 0 Å². The number of guanidine groups is 1. The first-order chi connectivity index (χ1) is 14.3. The third-order valence-corrected chi connectivity index (χ3v) is 6.39. The molecule has 1 aliphatic heterocycles. The molecule has 0 aliphatic carbocycles. The van der Waals surface area contributed by atoms with E-state index in [1.165, 1.54) is 6.26 Å². The highest BCUT2D eigenvalue weighted by atomic mass is 127. The minimum Gasteiger partial charge on any atom is -0.493 e. The maximum absolute atomic E-state index is 11.7. The Bertz CT molecular complexity index is 802. The monoisotopic (exact) mass is 570 g/mol. The molecule has 31 heavy (non-hydrogen) atoms. The van der Waals surface area contributed by atoms with Crippen molar-refractivity contribution >= 4 is 40.0 Å². The minimum absolute atomic E-state index is 0. The number of rotatable bonds is 9. The first kappa shape index (κ1) is 27.6. The Hall–Kier alpha value is -1.47. The van der Waals surface area contributed by atoms with Gasteiger partial charge in [-0.3, -0.25) is 0 Å². The van der Waals surface area contributed by atoms with Crippen LogP contribution in [0.1, 0.15) is 25.3 Å². The van der Waals surface area contributed by atoms with Gasteiger partial charge in [-0.25, -0.2) is 17.7 Å². The molecule has 2 rings (SSSR count). The van der Waals surface area contributed by atoms with Crippen LogP contribution >= 0.6 is 24.0 Å². The molecule has 1 aliphatic rings. The first-order valence-electron chi connectivity index (χ1n) is 10.1. The van der Waals surface area contributed by atoms with Crippen molar-refractivity contribution in [1.82, 2.24) is 14.9 Å². The maximum Gasteiger partial charge on any atom is 0.211 e. The fraction of sp³-hybridized carbons (Fsp3) is 0.650. The molecule has 1 aromatic rings. The van der Waals surface area contributed by atoms with E-state index >= 15 is 0 Å². The molecule has 0 aromatic heterocycles. The summed E-state index contributed by atoms with van der Waals surface area (Å²) in [7, 11) is 1.65. The number of benzene rings is 1. The second-order valence-electron chi connectivity index (χ2n) is 7.22. The number of ether oxygens (including phenoxy) is 3. The van der Waals surface area contributed by atoms with E-state index in [4.69, 9.17) is 14.2 Å². The Labute approximate surface area is 203 Å². The van der Waals surface area contributed by atoms with Gasteiger partial charge in [-0.2, -0.15) is 0 Å². The highest BCUT2D eigenvalue weighted by Gasteiger charge is 2.24. The number of piperidine rings is 1. The highest BCUT2D eigenvalue weighted by Crippen LogP contribution is 2.38. The molecular weight excluding hydrogens is 535 g/mol. The molecule has 1 aromatic carbocycles. The summed E-state index contributed by atoms with van der Waals surface area (Å²) in [6.07, 6.45) is 2.95. The van der Waals surface area contributed by atoms with Gasteiger partial charge in [-0.15, -0.1) is 24.0 Å². The van der Waals surface area contributed by atoms with E-state index in [2.05, 4.69) is 15.6 Å². The van der Waals surface area contributed by atoms with Crippen LogP contribution in [-0.2, 0) is 16.6 Å². The lowest BCUT2D eigenvalue weighted by Crippen LogP contribution is -2.44. The molecule has 178 valence electrons. The summed E-state index contributed by atoms with van der Waals surface area (Å²) >= 11 is 0. The van der Waals surface area contributed by atoms with E-state index in [9.17, 15) is 8.42 Å². The number of methoxy groups -OCH3 is 3. The van der Waals surface area contributed by atoms with Crippen molar-refractivity contribution in [2.45, 2.75) is 26.3 Å². The zero-order valence-electron chi connectivity index (χ0n) is 18.9. The molecule has 0 unspecified atom stereocenters. The molecule has 0 spiro atoms. The number of hydrogen-bond donors (Lipinski definition) is 2. The van der Waals surface area contributed by atoms with Crippen molar-refractivity contribution in [3.63, 3.8) is 0 Å². The Morgan fingerprint density at radius 3 is 2.13 bits per heavy atom. The van der Waals surface area contributed by atoms with E-state index in [0.29, 0.717) is 42.8 Å². The average Bonchev–Trinajstić information content (AvgIpc) is 2.74. The zero-order valence-corrected chi connectivity index (χ0v) is 22.1. The number of halogens is 1. The Kier molecular flexibility index (Phi) is 11.7. The van der Waals surface area contributed by atoms with Crippen molar-refractivity contribution in [2.75, 3.05) is 53.8 Å². The van der Waals surface area contributed by atoms with Crippen LogP contribution in [0.5, 0.6) is 17.2 Å². The molecule has 0 atom stereocenters. The molecule has 1 heterocycles. The van der Waals surface area contributed by atoms with Crippen LogP contribution in [0.3, 0.4) is 0 Å². The number of nitrogens with zero attached hydrogens (tertiary/aromatic N) is 2. The van der Waals surface area contributed by atoms with Gasteiger partial charge >= 0.3 is 0 Å². The third-order valence-electron chi connectivity index (χ3n) is 5.09. The van der Waals surface area contributed by atoms with E-state index in [0.717, 1.165) is 37.5 Å². The van der Waals surface area contributed by atoms with Gasteiger partial charge in [0, 0.05) is 26.2 Å². The van der Waals surface area contributed by atoms with Gasteiger partial charge < -0.3 is 24.8 Å². The Morgan fingerprint density at radius 1 is 1.10 bits per heavy atom. The fourth-order valence-corrected chi connectivity index (χ4v) is 4.30. The Morgan fingerprint density at radius 2 is 1.68 bits per heavy atom. The highest BCUT2D eigenvalue weighted by molar-refractivity contribution is 14.0. The molecule has 0 saturated carbocycles. The molecule has 1 fully saturated rings. The van der Waals surface area contributed by atoms with E-state index in [-0.39, 0.29) is 24.0 Å². The van der Waals surface area contributed by atoms with Gasteiger partial charge in [0.2, 0.25) is 15.8 Å². The predicted molar refractivity (Wildman–Crippen MR) is 133 cm³/mol.